The van der Waals surface area contributed by atoms with E-state index in [0.29, 0.717) is 23.5 Å². The zero-order valence-electron chi connectivity index (χ0n) is 10.3. The molecule has 0 fully saturated rings. The Hall–Kier alpha value is -2.01. The Bertz CT molecular complexity index is 451. The summed E-state index contributed by atoms with van der Waals surface area (Å²) < 4.78 is 10.3. The number of rotatable bonds is 6. The Morgan fingerprint density at radius 2 is 1.94 bits per heavy atom. The molecule has 0 bridgehead atoms. The van der Waals surface area contributed by atoms with E-state index in [1.807, 2.05) is 0 Å². The van der Waals surface area contributed by atoms with Crippen LogP contribution in [0, 0.1) is 0 Å². The van der Waals surface area contributed by atoms with Crippen molar-refractivity contribution in [2.24, 2.45) is 0 Å². The van der Waals surface area contributed by atoms with Crippen molar-refractivity contribution < 1.29 is 24.5 Å². The van der Waals surface area contributed by atoms with Crippen molar-refractivity contribution in [2.75, 3.05) is 20.8 Å². The van der Waals surface area contributed by atoms with Crippen LogP contribution in [0.15, 0.2) is 29.8 Å². The van der Waals surface area contributed by atoms with E-state index in [-0.39, 0.29) is 6.61 Å². The van der Waals surface area contributed by atoms with Gasteiger partial charge in [0, 0.05) is 6.08 Å². The van der Waals surface area contributed by atoms with Crippen LogP contribution < -0.4 is 9.47 Å². The van der Waals surface area contributed by atoms with Gasteiger partial charge in [0.2, 0.25) is 0 Å². The fourth-order valence-corrected chi connectivity index (χ4v) is 1.58. The molecule has 0 amide bonds. The Morgan fingerprint density at radius 1 is 1.28 bits per heavy atom. The molecule has 0 spiro atoms. The quantitative estimate of drug-likeness (QED) is 0.745. The first kappa shape index (κ1) is 14.1. The van der Waals surface area contributed by atoms with Gasteiger partial charge in [-0.25, -0.2) is 4.79 Å². The van der Waals surface area contributed by atoms with Gasteiger partial charge >= 0.3 is 5.97 Å². The molecule has 0 aliphatic heterocycles. The molecule has 1 aromatic carbocycles. The van der Waals surface area contributed by atoms with Crippen LogP contribution >= 0.6 is 0 Å². The first-order chi connectivity index (χ1) is 8.60. The maximum absolute atomic E-state index is 10.6. The third kappa shape index (κ3) is 3.78. The summed E-state index contributed by atoms with van der Waals surface area (Å²) in [6.45, 7) is -0.291. The standard InChI is InChI=1S/C13H16O5/c1-17-11-4-3-9(6-12(11)18-2)5-10(8-14)7-13(15)16/h3-4,6-7,14H,5,8H2,1-2H3,(H,15,16)/b10-7-. The van der Waals surface area contributed by atoms with Crippen molar-refractivity contribution in [3.05, 3.63) is 35.4 Å². The average molecular weight is 252 g/mol. The number of hydrogen-bond acceptors (Lipinski definition) is 4. The maximum atomic E-state index is 10.6. The van der Waals surface area contributed by atoms with Gasteiger partial charge < -0.3 is 19.7 Å². The van der Waals surface area contributed by atoms with E-state index in [1.54, 1.807) is 25.3 Å². The highest BCUT2D eigenvalue weighted by Gasteiger charge is 2.07. The molecule has 0 aliphatic carbocycles. The largest absolute Gasteiger partial charge is 0.493 e. The summed E-state index contributed by atoms with van der Waals surface area (Å²) in [6, 6.07) is 5.29. The van der Waals surface area contributed by atoms with E-state index in [9.17, 15) is 4.79 Å². The predicted octanol–water partition coefficient (Wildman–Crippen LogP) is 1.25. The van der Waals surface area contributed by atoms with Crippen LogP contribution in [0.3, 0.4) is 0 Å². The molecular weight excluding hydrogens is 236 g/mol. The molecule has 18 heavy (non-hydrogen) atoms. The molecule has 0 radical (unpaired) electrons. The highest BCUT2D eigenvalue weighted by Crippen LogP contribution is 2.28. The monoisotopic (exact) mass is 252 g/mol. The van der Waals surface area contributed by atoms with E-state index in [2.05, 4.69) is 0 Å². The minimum Gasteiger partial charge on any atom is -0.493 e. The summed E-state index contributed by atoms with van der Waals surface area (Å²) in [4.78, 5) is 10.6. The lowest BCUT2D eigenvalue weighted by Crippen LogP contribution is -2.01. The van der Waals surface area contributed by atoms with Crippen molar-refractivity contribution in [1.82, 2.24) is 0 Å². The third-order valence-corrected chi connectivity index (χ3v) is 2.41. The molecule has 0 atom stereocenters. The van der Waals surface area contributed by atoms with Gasteiger partial charge in [-0.15, -0.1) is 0 Å². The van der Waals surface area contributed by atoms with Crippen LogP contribution in [0.4, 0.5) is 0 Å². The molecule has 0 aromatic heterocycles. The fourth-order valence-electron chi connectivity index (χ4n) is 1.58. The summed E-state index contributed by atoms with van der Waals surface area (Å²) in [5.74, 6) is 0.108. The summed E-state index contributed by atoms with van der Waals surface area (Å²) >= 11 is 0. The van der Waals surface area contributed by atoms with Crippen molar-refractivity contribution in [1.29, 1.82) is 0 Å². The topological polar surface area (TPSA) is 76.0 Å². The Labute approximate surface area is 105 Å². The second kappa shape index (κ2) is 6.66. The van der Waals surface area contributed by atoms with Gasteiger partial charge in [-0.05, 0) is 29.7 Å². The normalized spacial score (nSPS) is 11.2. The Kier molecular flexibility index (Phi) is 5.20. The molecule has 0 aliphatic rings. The summed E-state index contributed by atoms with van der Waals surface area (Å²) in [5.41, 5.74) is 1.27. The molecule has 1 aromatic rings. The molecule has 0 saturated heterocycles. The number of aliphatic hydroxyl groups excluding tert-OH is 1. The SMILES string of the molecule is COc1ccc(C/C(=C/C(=O)O)CO)cc1OC. The first-order valence-electron chi connectivity index (χ1n) is 5.34. The number of aliphatic carboxylic acids is 1. The molecule has 98 valence electrons. The van der Waals surface area contributed by atoms with Crippen LogP contribution in [0.1, 0.15) is 5.56 Å². The number of carboxylic acid groups (broad SMARTS) is 1. The molecule has 1 rings (SSSR count). The van der Waals surface area contributed by atoms with Gasteiger partial charge in [-0.1, -0.05) is 6.07 Å². The predicted molar refractivity (Wildman–Crippen MR) is 66.1 cm³/mol. The Morgan fingerprint density at radius 3 is 2.44 bits per heavy atom. The fraction of sp³-hybridized carbons (Fsp3) is 0.308. The average Bonchev–Trinajstić information content (AvgIpc) is 2.37. The zero-order chi connectivity index (χ0) is 13.5. The molecule has 2 N–H and O–H groups in total. The molecule has 0 unspecified atom stereocenters. The van der Waals surface area contributed by atoms with Gasteiger partial charge in [0.1, 0.15) is 0 Å². The minimum atomic E-state index is -1.07. The number of carbonyl (C=O) groups is 1. The second-order valence-corrected chi connectivity index (χ2v) is 3.67. The number of carboxylic acids is 1. The molecular formula is C13H16O5. The summed E-state index contributed by atoms with van der Waals surface area (Å²) in [7, 11) is 3.07. The van der Waals surface area contributed by atoms with E-state index < -0.39 is 5.97 Å². The lowest BCUT2D eigenvalue weighted by atomic mass is 10.0. The first-order valence-corrected chi connectivity index (χ1v) is 5.34. The lowest BCUT2D eigenvalue weighted by molar-refractivity contribution is -0.131. The van der Waals surface area contributed by atoms with Crippen molar-refractivity contribution in [3.8, 4) is 11.5 Å². The lowest BCUT2D eigenvalue weighted by Gasteiger charge is -2.10. The summed E-state index contributed by atoms with van der Waals surface area (Å²) in [5, 5.41) is 17.7. The van der Waals surface area contributed by atoms with E-state index in [1.165, 1.54) is 7.11 Å². The van der Waals surface area contributed by atoms with Crippen LogP contribution in [0.2, 0.25) is 0 Å². The zero-order valence-corrected chi connectivity index (χ0v) is 10.3. The maximum Gasteiger partial charge on any atom is 0.328 e. The number of ether oxygens (including phenoxy) is 2. The molecule has 0 saturated carbocycles. The van der Waals surface area contributed by atoms with Crippen LogP contribution in [-0.2, 0) is 11.2 Å². The highest BCUT2D eigenvalue weighted by atomic mass is 16.5. The molecule has 0 heterocycles. The van der Waals surface area contributed by atoms with Gasteiger partial charge in [-0.3, -0.25) is 0 Å². The molecule has 5 heteroatoms. The van der Waals surface area contributed by atoms with Gasteiger partial charge in [0.15, 0.2) is 11.5 Å². The van der Waals surface area contributed by atoms with Crippen molar-refractivity contribution in [3.63, 3.8) is 0 Å². The highest BCUT2D eigenvalue weighted by molar-refractivity contribution is 5.80. The number of benzene rings is 1. The number of methoxy groups -OCH3 is 2. The Balaban J connectivity index is 2.94. The van der Waals surface area contributed by atoms with Gasteiger partial charge in [0.05, 0.1) is 20.8 Å². The van der Waals surface area contributed by atoms with Crippen molar-refractivity contribution >= 4 is 5.97 Å². The van der Waals surface area contributed by atoms with E-state index in [0.717, 1.165) is 11.6 Å². The summed E-state index contributed by atoms with van der Waals surface area (Å²) in [6.07, 6.45) is 1.36. The third-order valence-electron chi connectivity index (χ3n) is 2.41. The van der Waals surface area contributed by atoms with Crippen LogP contribution in [-0.4, -0.2) is 37.0 Å². The van der Waals surface area contributed by atoms with Crippen LogP contribution in [0.5, 0.6) is 11.5 Å². The smallest absolute Gasteiger partial charge is 0.328 e. The molecule has 5 nitrogen and oxygen atoms in total. The van der Waals surface area contributed by atoms with Crippen LogP contribution in [0.25, 0.3) is 0 Å². The van der Waals surface area contributed by atoms with E-state index in [4.69, 9.17) is 19.7 Å². The van der Waals surface area contributed by atoms with E-state index >= 15 is 0 Å². The second-order valence-electron chi connectivity index (χ2n) is 3.67. The van der Waals surface area contributed by atoms with Gasteiger partial charge in [-0.2, -0.15) is 0 Å². The van der Waals surface area contributed by atoms with Gasteiger partial charge in [0.25, 0.3) is 0 Å². The number of hydrogen-bond donors (Lipinski definition) is 2. The number of aliphatic hydroxyl groups is 1. The van der Waals surface area contributed by atoms with Crippen molar-refractivity contribution in [2.45, 2.75) is 6.42 Å². The minimum absolute atomic E-state index is 0.291.